The van der Waals surface area contributed by atoms with Crippen LogP contribution < -0.4 is 10.6 Å². The second-order valence-electron chi connectivity index (χ2n) is 4.78. The maximum Gasteiger partial charge on any atom is 0.0366 e. The molecule has 2 N–H and O–H groups in total. The third-order valence-electron chi connectivity index (χ3n) is 3.07. The van der Waals surface area contributed by atoms with Crippen molar-refractivity contribution in [2.75, 3.05) is 18.0 Å². The third-order valence-corrected chi connectivity index (χ3v) is 3.07. The van der Waals surface area contributed by atoms with E-state index in [0.717, 1.165) is 13.1 Å². The second kappa shape index (κ2) is 5.90. The Balaban J connectivity index is 2.70. The summed E-state index contributed by atoms with van der Waals surface area (Å²) in [6.45, 7) is 10.6. The quantitative estimate of drug-likeness (QED) is 0.826. The first kappa shape index (κ1) is 13.0. The van der Waals surface area contributed by atoms with E-state index in [4.69, 9.17) is 5.73 Å². The molecule has 0 bridgehead atoms. The van der Waals surface area contributed by atoms with Crippen LogP contribution >= 0.6 is 0 Å². The molecular formula is C14H24N2. The van der Waals surface area contributed by atoms with Gasteiger partial charge >= 0.3 is 0 Å². The molecule has 0 radical (unpaired) electrons. The topological polar surface area (TPSA) is 29.3 Å². The molecule has 90 valence electrons. The molecule has 0 amide bonds. The van der Waals surface area contributed by atoms with Crippen LogP contribution in [0, 0.1) is 12.8 Å². The summed E-state index contributed by atoms with van der Waals surface area (Å²) in [5.41, 5.74) is 8.69. The average molecular weight is 220 g/mol. The largest absolute Gasteiger partial charge is 0.370 e. The smallest absolute Gasteiger partial charge is 0.0366 e. The van der Waals surface area contributed by atoms with Crippen molar-refractivity contribution >= 4 is 5.69 Å². The van der Waals surface area contributed by atoms with Crippen molar-refractivity contribution in [1.29, 1.82) is 0 Å². The molecule has 1 aromatic carbocycles. The fraction of sp³-hybridized carbons (Fsp3) is 0.571. The van der Waals surface area contributed by atoms with Crippen LogP contribution in [0.3, 0.4) is 0 Å². The molecule has 0 spiro atoms. The number of likely N-dealkylation sites (N-methyl/N-ethyl adjacent to an activating group) is 1. The Morgan fingerprint density at radius 2 is 1.75 bits per heavy atom. The van der Waals surface area contributed by atoms with Crippen LogP contribution in [0.2, 0.25) is 0 Å². The SMILES string of the molecule is CCN(CC(N)C(C)C)c1ccc(C)cc1. The number of aryl methyl sites for hydroxylation is 1. The minimum atomic E-state index is 0.237. The van der Waals surface area contributed by atoms with Crippen molar-refractivity contribution < 1.29 is 0 Å². The Morgan fingerprint density at radius 1 is 1.19 bits per heavy atom. The zero-order chi connectivity index (χ0) is 12.1. The van der Waals surface area contributed by atoms with Crippen LogP contribution in [0.5, 0.6) is 0 Å². The highest BCUT2D eigenvalue weighted by molar-refractivity contribution is 5.47. The van der Waals surface area contributed by atoms with Gasteiger partial charge in [-0.1, -0.05) is 31.5 Å². The summed E-state index contributed by atoms with van der Waals surface area (Å²) in [6.07, 6.45) is 0. The molecule has 1 unspecified atom stereocenters. The van der Waals surface area contributed by atoms with Gasteiger partial charge in [0, 0.05) is 24.8 Å². The molecule has 2 heteroatoms. The average Bonchev–Trinajstić information content (AvgIpc) is 2.26. The Hall–Kier alpha value is -1.02. The Morgan fingerprint density at radius 3 is 2.19 bits per heavy atom. The van der Waals surface area contributed by atoms with E-state index < -0.39 is 0 Å². The predicted octanol–water partition coefficient (Wildman–Crippen LogP) is 2.80. The van der Waals surface area contributed by atoms with Gasteiger partial charge in [0.25, 0.3) is 0 Å². The number of nitrogens with zero attached hydrogens (tertiary/aromatic N) is 1. The number of hydrogen-bond acceptors (Lipinski definition) is 2. The molecule has 2 nitrogen and oxygen atoms in total. The monoisotopic (exact) mass is 220 g/mol. The molecule has 1 atom stereocenters. The first-order valence-electron chi connectivity index (χ1n) is 6.11. The minimum absolute atomic E-state index is 0.237. The number of rotatable bonds is 5. The molecule has 1 rings (SSSR count). The Kier molecular flexibility index (Phi) is 4.81. The van der Waals surface area contributed by atoms with E-state index in [1.54, 1.807) is 0 Å². The van der Waals surface area contributed by atoms with E-state index in [1.165, 1.54) is 11.3 Å². The lowest BCUT2D eigenvalue weighted by Gasteiger charge is -2.28. The molecule has 0 heterocycles. The van der Waals surface area contributed by atoms with E-state index in [2.05, 4.69) is 56.9 Å². The van der Waals surface area contributed by atoms with E-state index in [-0.39, 0.29) is 6.04 Å². The molecule has 0 saturated heterocycles. The maximum atomic E-state index is 6.12. The fourth-order valence-corrected chi connectivity index (χ4v) is 1.64. The van der Waals surface area contributed by atoms with Crippen LogP contribution in [0.15, 0.2) is 24.3 Å². The van der Waals surface area contributed by atoms with Crippen molar-refractivity contribution in [3.05, 3.63) is 29.8 Å². The van der Waals surface area contributed by atoms with Gasteiger partial charge in [-0.3, -0.25) is 0 Å². The number of anilines is 1. The number of hydrogen-bond donors (Lipinski definition) is 1. The summed E-state index contributed by atoms with van der Waals surface area (Å²) in [6, 6.07) is 8.89. The Labute approximate surface area is 99.5 Å². The summed E-state index contributed by atoms with van der Waals surface area (Å²) in [4.78, 5) is 2.34. The molecule has 16 heavy (non-hydrogen) atoms. The molecule has 0 aromatic heterocycles. The van der Waals surface area contributed by atoms with Gasteiger partial charge in [-0.15, -0.1) is 0 Å². The van der Waals surface area contributed by atoms with Gasteiger partial charge in [0.15, 0.2) is 0 Å². The highest BCUT2D eigenvalue weighted by Gasteiger charge is 2.12. The first-order chi connectivity index (χ1) is 7.54. The second-order valence-corrected chi connectivity index (χ2v) is 4.78. The van der Waals surface area contributed by atoms with Crippen LogP contribution in [-0.4, -0.2) is 19.1 Å². The van der Waals surface area contributed by atoms with Gasteiger partial charge in [0.05, 0.1) is 0 Å². The standard InChI is InChI=1S/C14H24N2/c1-5-16(10-14(15)11(2)3)13-8-6-12(4)7-9-13/h6-9,11,14H,5,10,15H2,1-4H3. The third kappa shape index (κ3) is 3.53. The summed E-state index contributed by atoms with van der Waals surface area (Å²) in [7, 11) is 0. The predicted molar refractivity (Wildman–Crippen MR) is 71.9 cm³/mol. The van der Waals surface area contributed by atoms with Crippen molar-refractivity contribution in [2.24, 2.45) is 11.7 Å². The van der Waals surface area contributed by atoms with Gasteiger partial charge in [0.2, 0.25) is 0 Å². The van der Waals surface area contributed by atoms with Crippen molar-refractivity contribution in [3.8, 4) is 0 Å². The normalized spacial score (nSPS) is 12.9. The molecule has 0 aliphatic rings. The van der Waals surface area contributed by atoms with Gasteiger partial charge in [0.1, 0.15) is 0 Å². The van der Waals surface area contributed by atoms with Crippen molar-refractivity contribution in [2.45, 2.75) is 33.7 Å². The van der Waals surface area contributed by atoms with Crippen molar-refractivity contribution in [1.82, 2.24) is 0 Å². The molecule has 0 saturated carbocycles. The van der Waals surface area contributed by atoms with Gasteiger partial charge in [-0.05, 0) is 31.9 Å². The van der Waals surface area contributed by atoms with Gasteiger partial charge in [-0.2, -0.15) is 0 Å². The van der Waals surface area contributed by atoms with E-state index in [1.807, 2.05) is 0 Å². The van der Waals surface area contributed by atoms with Crippen LogP contribution in [0.4, 0.5) is 5.69 Å². The lowest BCUT2D eigenvalue weighted by Crippen LogP contribution is -2.40. The van der Waals surface area contributed by atoms with Crippen molar-refractivity contribution in [3.63, 3.8) is 0 Å². The fourth-order valence-electron chi connectivity index (χ4n) is 1.64. The first-order valence-corrected chi connectivity index (χ1v) is 6.11. The van der Waals surface area contributed by atoms with Crippen LogP contribution in [-0.2, 0) is 0 Å². The zero-order valence-corrected chi connectivity index (χ0v) is 10.9. The summed E-state index contributed by atoms with van der Waals surface area (Å²) in [5.74, 6) is 0.527. The number of nitrogens with two attached hydrogens (primary N) is 1. The Bertz CT molecular complexity index is 303. The molecule has 0 aliphatic carbocycles. The van der Waals surface area contributed by atoms with Gasteiger partial charge in [-0.25, -0.2) is 0 Å². The lowest BCUT2D eigenvalue weighted by molar-refractivity contribution is 0.487. The number of benzene rings is 1. The van der Waals surface area contributed by atoms with E-state index in [0.29, 0.717) is 5.92 Å². The van der Waals surface area contributed by atoms with Gasteiger partial charge < -0.3 is 10.6 Å². The lowest BCUT2D eigenvalue weighted by atomic mass is 10.0. The molecule has 0 fully saturated rings. The summed E-state index contributed by atoms with van der Waals surface area (Å²) >= 11 is 0. The summed E-state index contributed by atoms with van der Waals surface area (Å²) in [5, 5.41) is 0. The molecular weight excluding hydrogens is 196 g/mol. The highest BCUT2D eigenvalue weighted by atomic mass is 15.1. The minimum Gasteiger partial charge on any atom is -0.370 e. The van der Waals surface area contributed by atoms with Crippen LogP contribution in [0.25, 0.3) is 0 Å². The summed E-state index contributed by atoms with van der Waals surface area (Å²) < 4.78 is 0. The van der Waals surface area contributed by atoms with E-state index in [9.17, 15) is 0 Å². The molecule has 0 aliphatic heterocycles. The maximum absolute atomic E-state index is 6.12. The van der Waals surface area contributed by atoms with E-state index >= 15 is 0 Å². The molecule has 1 aromatic rings. The highest BCUT2D eigenvalue weighted by Crippen LogP contribution is 2.16. The zero-order valence-electron chi connectivity index (χ0n) is 10.9. The van der Waals surface area contributed by atoms with Crippen LogP contribution in [0.1, 0.15) is 26.3 Å².